The number of hydrogen-bond acceptors (Lipinski definition) is 5. The van der Waals surface area contributed by atoms with Gasteiger partial charge in [0.1, 0.15) is 0 Å². The molecule has 0 N–H and O–H groups in total. The van der Waals surface area contributed by atoms with Crippen LogP contribution in [0.4, 0.5) is 0 Å². The fraction of sp³-hybridized carbons (Fsp3) is 0.778. The maximum Gasteiger partial charge on any atom is 0.476 e. The first-order valence-corrected chi connectivity index (χ1v) is 27.9. The Labute approximate surface area is 187 Å². The highest BCUT2D eigenvalue weighted by Gasteiger charge is 2.57. The lowest BCUT2D eigenvalue weighted by Crippen LogP contribution is -2.66. The third kappa shape index (κ3) is 13.6. The van der Waals surface area contributed by atoms with Crippen LogP contribution in [0.3, 0.4) is 0 Å². The summed E-state index contributed by atoms with van der Waals surface area (Å²) >= 11 is 0. The van der Waals surface area contributed by atoms with Crippen molar-refractivity contribution in [2.24, 2.45) is 0 Å². The van der Waals surface area contributed by atoms with E-state index in [0.29, 0.717) is 12.1 Å². The molecule has 0 atom stereocenters. The van der Waals surface area contributed by atoms with Crippen LogP contribution in [0.15, 0.2) is 25.3 Å². The minimum Gasteiger partial charge on any atom is -0.417 e. The van der Waals surface area contributed by atoms with Crippen LogP contribution in [0, 0.1) is 0 Å². The van der Waals surface area contributed by atoms with Gasteiger partial charge in [0, 0.05) is 12.1 Å². The highest BCUT2D eigenvalue weighted by Crippen LogP contribution is 2.34. The standard InChI is InChI=1S/C18H46O5Si6/c1-15-17-28(19-24(3,4)5,20-25(6,7)8)23-29(18-16-2,21-26(9,10)11)22-27(12,13)14/h15-16H,1-2,17-18H2,3-14H3. The molecule has 0 amide bonds. The molecule has 0 aliphatic carbocycles. The molecular weight excluding hydrogens is 465 g/mol. The molecule has 0 saturated carbocycles. The summed E-state index contributed by atoms with van der Waals surface area (Å²) in [6, 6.07) is 1.11. The molecular formula is C18H46O5Si6. The molecule has 29 heavy (non-hydrogen) atoms. The molecule has 0 heterocycles. The molecule has 0 unspecified atom stereocenters. The molecule has 0 radical (unpaired) electrons. The Morgan fingerprint density at radius 2 is 0.655 bits per heavy atom. The van der Waals surface area contributed by atoms with E-state index in [2.05, 4.69) is 91.7 Å². The first-order chi connectivity index (χ1) is 12.7. The van der Waals surface area contributed by atoms with Crippen molar-refractivity contribution < 1.29 is 20.6 Å². The second-order valence-electron chi connectivity index (χ2n) is 11.3. The maximum absolute atomic E-state index is 7.00. The van der Waals surface area contributed by atoms with Gasteiger partial charge in [0.05, 0.1) is 0 Å². The molecule has 0 aromatic heterocycles. The van der Waals surface area contributed by atoms with Crippen LogP contribution in [-0.4, -0.2) is 50.9 Å². The van der Waals surface area contributed by atoms with Crippen LogP contribution in [0.5, 0.6) is 0 Å². The Morgan fingerprint density at radius 3 is 0.793 bits per heavy atom. The lowest BCUT2D eigenvalue weighted by molar-refractivity contribution is 0.178. The lowest BCUT2D eigenvalue weighted by atomic mass is 10.8. The van der Waals surface area contributed by atoms with Gasteiger partial charge >= 0.3 is 17.6 Å². The second-order valence-corrected chi connectivity index (χ2v) is 35.8. The zero-order chi connectivity index (χ0) is 23.4. The molecule has 5 nitrogen and oxygen atoms in total. The molecule has 0 fully saturated rings. The van der Waals surface area contributed by atoms with Crippen LogP contribution < -0.4 is 0 Å². The van der Waals surface area contributed by atoms with Gasteiger partial charge in [-0.1, -0.05) is 12.2 Å². The van der Waals surface area contributed by atoms with Crippen molar-refractivity contribution in [2.45, 2.75) is 90.7 Å². The summed E-state index contributed by atoms with van der Waals surface area (Å²) in [5, 5.41) is 0. The van der Waals surface area contributed by atoms with Crippen molar-refractivity contribution in [3.05, 3.63) is 25.3 Å². The third-order valence-corrected chi connectivity index (χ3v) is 21.8. The fourth-order valence-corrected chi connectivity index (χ4v) is 25.6. The number of rotatable bonds is 14. The fourth-order valence-electron chi connectivity index (χ4n) is 2.83. The summed E-state index contributed by atoms with van der Waals surface area (Å²) in [7, 11) is -14.2. The van der Waals surface area contributed by atoms with Crippen molar-refractivity contribution in [3.8, 4) is 0 Å². The van der Waals surface area contributed by atoms with Gasteiger partial charge in [0.15, 0.2) is 33.3 Å². The van der Waals surface area contributed by atoms with Gasteiger partial charge in [-0.2, -0.15) is 0 Å². The van der Waals surface area contributed by atoms with Gasteiger partial charge in [-0.3, -0.25) is 0 Å². The molecule has 0 aliphatic heterocycles. The summed E-state index contributed by atoms with van der Waals surface area (Å²) < 4.78 is 34.0. The molecule has 0 aromatic carbocycles. The van der Waals surface area contributed by atoms with Crippen molar-refractivity contribution in [3.63, 3.8) is 0 Å². The predicted octanol–water partition coefficient (Wildman–Crippen LogP) is 6.66. The largest absolute Gasteiger partial charge is 0.476 e. The van der Waals surface area contributed by atoms with E-state index in [1.54, 1.807) is 0 Å². The highest BCUT2D eigenvalue weighted by molar-refractivity contribution is 6.92. The van der Waals surface area contributed by atoms with Gasteiger partial charge in [0.2, 0.25) is 0 Å². The van der Waals surface area contributed by atoms with Crippen LogP contribution in [0.1, 0.15) is 0 Å². The molecule has 172 valence electrons. The topological polar surface area (TPSA) is 46.2 Å². The van der Waals surface area contributed by atoms with Gasteiger partial charge in [-0.05, 0) is 78.6 Å². The van der Waals surface area contributed by atoms with Gasteiger partial charge in [-0.25, -0.2) is 0 Å². The monoisotopic (exact) mass is 510 g/mol. The smallest absolute Gasteiger partial charge is 0.417 e. The van der Waals surface area contributed by atoms with E-state index in [9.17, 15) is 0 Å². The van der Waals surface area contributed by atoms with Crippen molar-refractivity contribution in [1.82, 2.24) is 0 Å². The Kier molecular flexibility index (Phi) is 10.7. The summed E-state index contributed by atoms with van der Waals surface area (Å²) in [6.45, 7) is 34.0. The zero-order valence-corrected chi connectivity index (χ0v) is 27.0. The van der Waals surface area contributed by atoms with E-state index in [1.807, 2.05) is 12.2 Å². The molecule has 0 rings (SSSR count). The molecule has 0 spiro atoms. The zero-order valence-electron chi connectivity index (χ0n) is 21.0. The summed E-state index contributed by atoms with van der Waals surface area (Å²) in [5.74, 6) is 0. The number of allylic oxidation sites excluding steroid dienone is 2. The van der Waals surface area contributed by atoms with E-state index < -0.39 is 50.9 Å². The minimum atomic E-state index is -3.12. The predicted molar refractivity (Wildman–Crippen MR) is 140 cm³/mol. The van der Waals surface area contributed by atoms with Crippen LogP contribution >= 0.6 is 0 Å². The Morgan fingerprint density at radius 1 is 0.448 bits per heavy atom. The quantitative estimate of drug-likeness (QED) is 0.193. The Hall–Kier alpha value is 0.581. The second kappa shape index (κ2) is 10.5. The average Bonchev–Trinajstić information content (AvgIpc) is 2.28. The molecule has 0 bridgehead atoms. The SMILES string of the molecule is C=CC[Si](O[Si](C)(C)C)(O[Si](C)(C)C)O[Si](CC=C)(O[Si](C)(C)C)O[Si](C)(C)C. The van der Waals surface area contributed by atoms with E-state index >= 15 is 0 Å². The summed E-state index contributed by atoms with van der Waals surface area (Å²) in [6.07, 6.45) is 3.73. The van der Waals surface area contributed by atoms with E-state index in [-0.39, 0.29) is 0 Å². The van der Waals surface area contributed by atoms with Gasteiger partial charge in [0.25, 0.3) is 0 Å². The molecule has 11 heteroatoms. The Balaban J connectivity index is 6.55. The van der Waals surface area contributed by atoms with Crippen molar-refractivity contribution in [2.75, 3.05) is 0 Å². The Bertz CT molecular complexity index is 463. The highest BCUT2D eigenvalue weighted by atomic mass is 28.5. The summed E-state index contributed by atoms with van der Waals surface area (Å²) in [5.41, 5.74) is 0. The lowest BCUT2D eigenvalue weighted by Gasteiger charge is -2.46. The van der Waals surface area contributed by atoms with Crippen LogP contribution in [0.2, 0.25) is 90.7 Å². The average molecular weight is 511 g/mol. The van der Waals surface area contributed by atoms with Crippen molar-refractivity contribution >= 4 is 50.9 Å². The van der Waals surface area contributed by atoms with Crippen LogP contribution in [-0.2, 0) is 20.6 Å². The first-order valence-electron chi connectivity index (χ1n) is 10.4. The van der Waals surface area contributed by atoms with Gasteiger partial charge in [-0.15, -0.1) is 13.2 Å². The molecule has 0 aliphatic rings. The summed E-state index contributed by atoms with van der Waals surface area (Å²) in [4.78, 5) is 0. The third-order valence-electron chi connectivity index (χ3n) is 2.95. The van der Waals surface area contributed by atoms with Gasteiger partial charge < -0.3 is 20.6 Å². The minimum absolute atomic E-state index is 0.553. The molecule has 0 saturated heterocycles. The number of hydrogen-bond donors (Lipinski definition) is 0. The molecule has 0 aromatic rings. The van der Waals surface area contributed by atoms with Crippen molar-refractivity contribution in [1.29, 1.82) is 0 Å². The first kappa shape index (κ1) is 29.6. The maximum atomic E-state index is 7.00. The van der Waals surface area contributed by atoms with E-state index in [1.165, 1.54) is 0 Å². The van der Waals surface area contributed by atoms with E-state index in [4.69, 9.17) is 20.6 Å². The van der Waals surface area contributed by atoms with E-state index in [0.717, 1.165) is 0 Å². The van der Waals surface area contributed by atoms with Crippen LogP contribution in [0.25, 0.3) is 0 Å². The normalized spacial score (nSPS) is 14.8.